The Kier molecular flexibility index (Phi) is 8.84. The number of nitrogens with one attached hydrogen (secondary N) is 2. The molecular formula is C20H21FIN3O4. The molecule has 0 aliphatic rings. The van der Waals surface area contributed by atoms with Gasteiger partial charge in [0.2, 0.25) is 11.8 Å². The molecule has 0 fully saturated rings. The van der Waals surface area contributed by atoms with Crippen LogP contribution in [0, 0.1) is 9.39 Å². The maximum Gasteiger partial charge on any atom is 0.249 e. The number of hydrazone groups is 1. The Morgan fingerprint density at radius 2 is 1.86 bits per heavy atom. The highest BCUT2D eigenvalue weighted by atomic mass is 127. The van der Waals surface area contributed by atoms with Crippen molar-refractivity contribution in [3.8, 4) is 11.5 Å². The maximum absolute atomic E-state index is 13.5. The number of anilines is 1. The summed E-state index contributed by atoms with van der Waals surface area (Å²) in [5, 5.41) is 6.20. The smallest absolute Gasteiger partial charge is 0.249 e. The van der Waals surface area contributed by atoms with Crippen LogP contribution >= 0.6 is 22.6 Å². The normalized spacial score (nSPS) is 10.6. The van der Waals surface area contributed by atoms with Crippen LogP contribution in [0.4, 0.5) is 10.1 Å². The lowest BCUT2D eigenvalue weighted by Crippen LogP contribution is -2.24. The van der Waals surface area contributed by atoms with E-state index in [1.165, 1.54) is 24.4 Å². The van der Waals surface area contributed by atoms with Crippen molar-refractivity contribution in [2.24, 2.45) is 5.10 Å². The molecular weight excluding hydrogens is 492 g/mol. The summed E-state index contributed by atoms with van der Waals surface area (Å²) in [5.74, 6) is -0.605. The molecule has 0 saturated heterocycles. The molecule has 0 atom stereocenters. The first-order valence-electron chi connectivity index (χ1n) is 8.90. The molecule has 0 radical (unpaired) electrons. The average Bonchev–Trinajstić information content (AvgIpc) is 2.66. The highest BCUT2D eigenvalue weighted by molar-refractivity contribution is 14.1. The van der Waals surface area contributed by atoms with Gasteiger partial charge in [0, 0.05) is 0 Å². The summed E-state index contributed by atoms with van der Waals surface area (Å²) < 4.78 is 25.6. The molecule has 2 N–H and O–H groups in total. The highest BCUT2D eigenvalue weighted by Crippen LogP contribution is 2.33. The van der Waals surface area contributed by atoms with Crippen LogP contribution in [0.5, 0.6) is 11.5 Å². The van der Waals surface area contributed by atoms with Gasteiger partial charge < -0.3 is 14.8 Å². The molecule has 154 valence electrons. The Morgan fingerprint density at radius 3 is 2.55 bits per heavy atom. The third-order valence-corrected chi connectivity index (χ3v) is 4.29. The molecule has 2 aromatic rings. The van der Waals surface area contributed by atoms with E-state index in [4.69, 9.17) is 9.47 Å². The number of rotatable bonds is 9. The SMILES string of the molecule is CCOc1cc(C=NNC(=O)CC(=O)Nc2ccccc2F)cc(I)c1OCC. The van der Waals surface area contributed by atoms with Gasteiger partial charge in [0.05, 0.1) is 28.7 Å². The van der Waals surface area contributed by atoms with E-state index in [0.29, 0.717) is 30.3 Å². The largest absolute Gasteiger partial charge is 0.490 e. The molecule has 0 aliphatic carbocycles. The lowest BCUT2D eigenvalue weighted by atomic mass is 10.2. The van der Waals surface area contributed by atoms with Crippen LogP contribution in [-0.4, -0.2) is 31.2 Å². The number of carbonyl (C=O) groups excluding carboxylic acids is 2. The standard InChI is InChI=1S/C20H21FIN3O4/c1-3-28-17-10-13(9-15(22)20(17)29-4-2)12-23-25-19(27)11-18(26)24-16-8-6-5-7-14(16)21/h5-10,12H,3-4,11H2,1-2H3,(H,24,26)(H,25,27). The summed E-state index contributed by atoms with van der Waals surface area (Å²) in [5.41, 5.74) is 2.98. The van der Waals surface area contributed by atoms with Gasteiger partial charge in [-0.2, -0.15) is 5.10 Å². The van der Waals surface area contributed by atoms with Crippen molar-refractivity contribution >= 4 is 46.3 Å². The van der Waals surface area contributed by atoms with Crippen molar-refractivity contribution in [1.82, 2.24) is 5.43 Å². The fourth-order valence-electron chi connectivity index (χ4n) is 2.33. The zero-order valence-electron chi connectivity index (χ0n) is 16.0. The number of ether oxygens (including phenoxy) is 2. The summed E-state index contributed by atoms with van der Waals surface area (Å²) in [6.07, 6.45) is 0.948. The van der Waals surface area contributed by atoms with Gasteiger partial charge in [-0.1, -0.05) is 12.1 Å². The van der Waals surface area contributed by atoms with Crippen molar-refractivity contribution in [2.75, 3.05) is 18.5 Å². The van der Waals surface area contributed by atoms with Crippen molar-refractivity contribution in [3.63, 3.8) is 0 Å². The minimum Gasteiger partial charge on any atom is -0.490 e. The van der Waals surface area contributed by atoms with E-state index in [-0.39, 0.29) is 5.69 Å². The van der Waals surface area contributed by atoms with Crippen molar-refractivity contribution in [1.29, 1.82) is 0 Å². The van der Waals surface area contributed by atoms with Crippen LogP contribution in [0.25, 0.3) is 0 Å². The molecule has 2 aromatic carbocycles. The Bertz CT molecular complexity index is 905. The summed E-state index contributed by atoms with van der Waals surface area (Å²) in [6, 6.07) is 9.29. The second-order valence-corrected chi connectivity index (χ2v) is 6.86. The van der Waals surface area contributed by atoms with Gasteiger partial charge in [-0.15, -0.1) is 0 Å². The number of carbonyl (C=O) groups is 2. The first kappa shape index (κ1) is 22.6. The van der Waals surface area contributed by atoms with Crippen LogP contribution in [0.2, 0.25) is 0 Å². The molecule has 2 amide bonds. The maximum atomic E-state index is 13.5. The van der Waals surface area contributed by atoms with Crippen molar-refractivity contribution < 1.29 is 23.5 Å². The Hall–Kier alpha value is -2.69. The Balaban J connectivity index is 1.95. The van der Waals surface area contributed by atoms with Gasteiger partial charge >= 0.3 is 0 Å². The molecule has 7 nitrogen and oxygen atoms in total. The summed E-state index contributed by atoms with van der Waals surface area (Å²) >= 11 is 2.13. The van der Waals surface area contributed by atoms with Gasteiger partial charge in [-0.05, 0) is 66.3 Å². The van der Waals surface area contributed by atoms with E-state index in [1.807, 2.05) is 19.9 Å². The third-order valence-electron chi connectivity index (χ3n) is 3.49. The van der Waals surface area contributed by atoms with Crippen molar-refractivity contribution in [3.05, 3.63) is 51.3 Å². The van der Waals surface area contributed by atoms with Gasteiger partial charge in [0.1, 0.15) is 12.2 Å². The van der Waals surface area contributed by atoms with Gasteiger partial charge in [-0.3, -0.25) is 9.59 Å². The lowest BCUT2D eigenvalue weighted by Gasteiger charge is -2.13. The molecule has 0 unspecified atom stereocenters. The topological polar surface area (TPSA) is 89.0 Å². The highest BCUT2D eigenvalue weighted by Gasteiger charge is 2.12. The van der Waals surface area contributed by atoms with Crippen LogP contribution in [0.15, 0.2) is 41.5 Å². The number of amides is 2. The van der Waals surface area contributed by atoms with Crippen LogP contribution in [-0.2, 0) is 9.59 Å². The van der Waals surface area contributed by atoms with Crippen LogP contribution < -0.4 is 20.2 Å². The lowest BCUT2D eigenvalue weighted by molar-refractivity contribution is -0.126. The molecule has 0 spiro atoms. The molecule has 0 saturated carbocycles. The number of hydrogen-bond acceptors (Lipinski definition) is 5. The predicted octanol–water partition coefficient (Wildman–Crippen LogP) is 3.71. The van der Waals surface area contributed by atoms with Gasteiger partial charge in [0.25, 0.3) is 0 Å². The van der Waals surface area contributed by atoms with Crippen LogP contribution in [0.3, 0.4) is 0 Å². The minimum absolute atomic E-state index is 0.0150. The molecule has 0 bridgehead atoms. The fourth-order valence-corrected chi connectivity index (χ4v) is 3.11. The van der Waals surface area contributed by atoms with Crippen molar-refractivity contribution in [2.45, 2.75) is 20.3 Å². The van der Waals surface area contributed by atoms with Gasteiger partial charge in [0.15, 0.2) is 11.5 Å². The number of halogens is 2. The molecule has 9 heteroatoms. The first-order chi connectivity index (χ1) is 13.9. The monoisotopic (exact) mass is 513 g/mol. The zero-order chi connectivity index (χ0) is 21.2. The second kappa shape index (κ2) is 11.3. The number of nitrogens with zero attached hydrogens (tertiary/aromatic N) is 1. The molecule has 0 heterocycles. The second-order valence-electron chi connectivity index (χ2n) is 5.69. The van der Waals surface area contributed by atoms with E-state index >= 15 is 0 Å². The molecule has 0 aromatic heterocycles. The van der Waals surface area contributed by atoms with E-state index < -0.39 is 24.1 Å². The number of hydrogen-bond donors (Lipinski definition) is 2. The summed E-state index contributed by atoms with van der Waals surface area (Å²) in [4.78, 5) is 23.7. The summed E-state index contributed by atoms with van der Waals surface area (Å²) in [7, 11) is 0. The zero-order valence-corrected chi connectivity index (χ0v) is 18.2. The van der Waals surface area contributed by atoms with E-state index in [2.05, 4.69) is 38.4 Å². The number of para-hydroxylation sites is 1. The van der Waals surface area contributed by atoms with Gasteiger partial charge in [-0.25, -0.2) is 9.82 Å². The first-order valence-corrected chi connectivity index (χ1v) is 9.97. The quantitative estimate of drug-likeness (QED) is 0.232. The third kappa shape index (κ3) is 7.00. The Morgan fingerprint density at radius 1 is 1.14 bits per heavy atom. The van der Waals surface area contributed by atoms with E-state index in [0.717, 1.165) is 3.57 Å². The molecule has 29 heavy (non-hydrogen) atoms. The van der Waals surface area contributed by atoms with E-state index in [1.54, 1.807) is 12.1 Å². The number of benzene rings is 2. The predicted molar refractivity (Wildman–Crippen MR) is 117 cm³/mol. The van der Waals surface area contributed by atoms with Crippen LogP contribution in [0.1, 0.15) is 25.8 Å². The average molecular weight is 513 g/mol. The molecule has 0 aliphatic heterocycles. The minimum atomic E-state index is -0.642. The fraction of sp³-hybridized carbons (Fsp3) is 0.250. The molecule has 2 rings (SSSR count). The Labute approximate surface area is 181 Å². The summed E-state index contributed by atoms with van der Waals surface area (Å²) in [6.45, 7) is 4.74. The van der Waals surface area contributed by atoms with E-state index in [9.17, 15) is 14.0 Å².